The van der Waals surface area contributed by atoms with Crippen molar-refractivity contribution in [1.29, 1.82) is 0 Å². The van der Waals surface area contributed by atoms with E-state index in [1.165, 1.54) is 30.7 Å². The van der Waals surface area contributed by atoms with Gasteiger partial charge in [0.1, 0.15) is 0 Å². The molecule has 1 aliphatic carbocycles. The van der Waals surface area contributed by atoms with E-state index in [0.717, 1.165) is 25.7 Å². The first kappa shape index (κ1) is 15.0. The van der Waals surface area contributed by atoms with Crippen molar-refractivity contribution >= 4 is 11.3 Å². The molecule has 1 fully saturated rings. The van der Waals surface area contributed by atoms with Gasteiger partial charge in [-0.05, 0) is 42.7 Å². The van der Waals surface area contributed by atoms with E-state index in [0.29, 0.717) is 5.41 Å². The van der Waals surface area contributed by atoms with Gasteiger partial charge in [-0.1, -0.05) is 26.8 Å². The monoisotopic (exact) mass is 280 g/mol. The van der Waals surface area contributed by atoms with Crippen molar-refractivity contribution in [2.45, 2.75) is 52.6 Å². The Balaban J connectivity index is 1.94. The predicted molar refractivity (Wildman–Crippen MR) is 84.7 cm³/mol. The second kappa shape index (κ2) is 6.87. The fourth-order valence-corrected chi connectivity index (χ4v) is 3.30. The summed E-state index contributed by atoms with van der Waals surface area (Å²) in [6, 6.07) is 5.28. The molecule has 1 heterocycles. The van der Waals surface area contributed by atoms with Crippen molar-refractivity contribution in [2.24, 2.45) is 5.41 Å². The third-order valence-electron chi connectivity index (χ3n) is 4.24. The van der Waals surface area contributed by atoms with Crippen LogP contribution in [0.5, 0.6) is 0 Å². The van der Waals surface area contributed by atoms with E-state index in [9.17, 15) is 0 Å². The molecule has 1 aromatic heterocycles. The average Bonchev–Trinajstić information content (AvgIpc) is 3.14. The van der Waals surface area contributed by atoms with Crippen LogP contribution in [0, 0.1) is 5.41 Å². The van der Waals surface area contributed by atoms with Gasteiger partial charge in [0.25, 0.3) is 0 Å². The molecule has 0 aromatic carbocycles. The topological polar surface area (TPSA) is 15.3 Å². The molecule has 0 saturated heterocycles. The van der Waals surface area contributed by atoms with Crippen LogP contribution >= 0.6 is 11.3 Å². The van der Waals surface area contributed by atoms with Gasteiger partial charge in [-0.3, -0.25) is 4.90 Å². The standard InChI is InChI=1S/C16H28N2S/c1-4-16(3,12-17-5-2)13-18(14-8-9-14)11-15-7-6-10-19-15/h6-7,10,14,17H,4-5,8-9,11-13H2,1-3H3. The second-order valence-corrected chi connectivity index (χ2v) is 7.19. The summed E-state index contributed by atoms with van der Waals surface area (Å²) in [7, 11) is 0. The number of nitrogens with zero attached hydrogens (tertiary/aromatic N) is 1. The minimum atomic E-state index is 0.399. The minimum Gasteiger partial charge on any atom is -0.316 e. The predicted octanol–water partition coefficient (Wildman–Crippen LogP) is 3.74. The van der Waals surface area contributed by atoms with E-state index in [1.807, 2.05) is 11.3 Å². The third-order valence-corrected chi connectivity index (χ3v) is 5.10. The summed E-state index contributed by atoms with van der Waals surface area (Å²) in [5, 5.41) is 5.73. The highest BCUT2D eigenvalue weighted by molar-refractivity contribution is 7.09. The smallest absolute Gasteiger partial charge is 0.0331 e. The summed E-state index contributed by atoms with van der Waals surface area (Å²) in [4.78, 5) is 4.22. The van der Waals surface area contributed by atoms with Crippen molar-refractivity contribution in [3.8, 4) is 0 Å². The normalized spacial score (nSPS) is 18.7. The first-order valence-corrected chi connectivity index (χ1v) is 8.52. The zero-order chi connectivity index (χ0) is 13.7. The van der Waals surface area contributed by atoms with Gasteiger partial charge in [0.2, 0.25) is 0 Å². The van der Waals surface area contributed by atoms with Gasteiger partial charge in [-0.2, -0.15) is 0 Å². The summed E-state index contributed by atoms with van der Waals surface area (Å²) in [6.07, 6.45) is 4.03. The summed E-state index contributed by atoms with van der Waals surface area (Å²) < 4.78 is 0. The maximum Gasteiger partial charge on any atom is 0.0331 e. The lowest BCUT2D eigenvalue weighted by molar-refractivity contribution is 0.143. The van der Waals surface area contributed by atoms with Gasteiger partial charge in [-0.15, -0.1) is 11.3 Å². The maximum absolute atomic E-state index is 3.54. The summed E-state index contributed by atoms with van der Waals surface area (Å²) in [5.74, 6) is 0. The molecule has 0 amide bonds. The third kappa shape index (κ3) is 4.59. The van der Waals surface area contributed by atoms with Crippen LogP contribution in [0.4, 0.5) is 0 Å². The minimum absolute atomic E-state index is 0.399. The Morgan fingerprint density at radius 1 is 1.42 bits per heavy atom. The van der Waals surface area contributed by atoms with Gasteiger partial charge in [0.05, 0.1) is 0 Å². The highest BCUT2D eigenvalue weighted by atomic mass is 32.1. The quantitative estimate of drug-likeness (QED) is 0.741. The number of nitrogens with one attached hydrogen (secondary N) is 1. The molecule has 1 aliphatic rings. The van der Waals surface area contributed by atoms with Gasteiger partial charge >= 0.3 is 0 Å². The van der Waals surface area contributed by atoms with E-state index >= 15 is 0 Å². The van der Waals surface area contributed by atoms with Crippen LogP contribution in [0.15, 0.2) is 17.5 Å². The zero-order valence-electron chi connectivity index (χ0n) is 12.6. The highest BCUT2D eigenvalue weighted by Crippen LogP contribution is 2.33. The van der Waals surface area contributed by atoms with Crippen LogP contribution in [0.3, 0.4) is 0 Å². The molecule has 0 aliphatic heterocycles. The fourth-order valence-electron chi connectivity index (χ4n) is 2.57. The lowest BCUT2D eigenvalue weighted by Crippen LogP contribution is -2.42. The SMILES string of the molecule is CCNCC(C)(CC)CN(Cc1cccs1)C1CC1. The molecule has 108 valence electrons. The molecule has 1 unspecified atom stereocenters. The van der Waals surface area contributed by atoms with Crippen molar-refractivity contribution in [1.82, 2.24) is 10.2 Å². The van der Waals surface area contributed by atoms with Crippen LogP contribution in [-0.2, 0) is 6.54 Å². The Morgan fingerprint density at radius 3 is 2.74 bits per heavy atom. The van der Waals surface area contributed by atoms with Crippen LogP contribution in [-0.4, -0.2) is 30.6 Å². The molecule has 19 heavy (non-hydrogen) atoms. The molecule has 2 rings (SSSR count). The van der Waals surface area contributed by atoms with E-state index in [-0.39, 0.29) is 0 Å². The molecule has 1 aromatic rings. The Morgan fingerprint density at radius 2 is 2.21 bits per heavy atom. The van der Waals surface area contributed by atoms with Crippen molar-refractivity contribution < 1.29 is 0 Å². The van der Waals surface area contributed by atoms with E-state index < -0.39 is 0 Å². The first-order valence-electron chi connectivity index (χ1n) is 7.64. The molecule has 1 N–H and O–H groups in total. The molecule has 3 heteroatoms. The molecule has 2 nitrogen and oxygen atoms in total. The summed E-state index contributed by atoms with van der Waals surface area (Å²) in [5.41, 5.74) is 0.399. The lowest BCUT2D eigenvalue weighted by atomic mass is 9.86. The van der Waals surface area contributed by atoms with Gasteiger partial charge in [0.15, 0.2) is 0 Å². The van der Waals surface area contributed by atoms with E-state index in [2.05, 4.69) is 48.5 Å². The van der Waals surface area contributed by atoms with Gasteiger partial charge in [0, 0.05) is 30.6 Å². The molecule has 1 saturated carbocycles. The molecule has 1 atom stereocenters. The lowest BCUT2D eigenvalue weighted by Gasteiger charge is -2.35. The van der Waals surface area contributed by atoms with Crippen LogP contribution in [0.2, 0.25) is 0 Å². The summed E-state index contributed by atoms with van der Waals surface area (Å²) in [6.45, 7) is 11.5. The summed E-state index contributed by atoms with van der Waals surface area (Å²) >= 11 is 1.89. The van der Waals surface area contributed by atoms with Crippen LogP contribution in [0.25, 0.3) is 0 Å². The van der Waals surface area contributed by atoms with Crippen molar-refractivity contribution in [2.75, 3.05) is 19.6 Å². The zero-order valence-corrected chi connectivity index (χ0v) is 13.4. The molecule has 0 bridgehead atoms. The van der Waals surface area contributed by atoms with Crippen molar-refractivity contribution in [3.63, 3.8) is 0 Å². The van der Waals surface area contributed by atoms with Crippen molar-refractivity contribution in [3.05, 3.63) is 22.4 Å². The number of thiophene rings is 1. The Bertz CT molecular complexity index is 359. The average molecular weight is 280 g/mol. The van der Waals surface area contributed by atoms with Crippen LogP contribution < -0.4 is 5.32 Å². The first-order chi connectivity index (χ1) is 9.17. The maximum atomic E-state index is 3.54. The number of hydrogen-bond acceptors (Lipinski definition) is 3. The van der Waals surface area contributed by atoms with E-state index in [4.69, 9.17) is 0 Å². The number of hydrogen-bond donors (Lipinski definition) is 1. The van der Waals surface area contributed by atoms with Gasteiger partial charge in [-0.25, -0.2) is 0 Å². The van der Waals surface area contributed by atoms with Gasteiger partial charge < -0.3 is 5.32 Å². The largest absolute Gasteiger partial charge is 0.316 e. The highest BCUT2D eigenvalue weighted by Gasteiger charge is 2.34. The molecular weight excluding hydrogens is 252 g/mol. The van der Waals surface area contributed by atoms with E-state index in [1.54, 1.807) is 0 Å². The second-order valence-electron chi connectivity index (χ2n) is 6.16. The Labute approximate surface area is 122 Å². The fraction of sp³-hybridized carbons (Fsp3) is 0.750. The van der Waals surface area contributed by atoms with Crippen LogP contribution in [0.1, 0.15) is 44.9 Å². The molecule has 0 radical (unpaired) electrons. The number of rotatable bonds is 9. The molecular formula is C16H28N2S. The molecule has 0 spiro atoms. The Hall–Kier alpha value is -0.380. The Kier molecular flexibility index (Phi) is 5.43.